The summed E-state index contributed by atoms with van der Waals surface area (Å²) in [5.74, 6) is 0.686. The summed E-state index contributed by atoms with van der Waals surface area (Å²) in [5, 5.41) is 1.08. The first-order valence-corrected chi connectivity index (χ1v) is 6.78. The molecule has 1 saturated carbocycles. The van der Waals surface area contributed by atoms with Crippen LogP contribution in [-0.2, 0) is 4.74 Å². The fraction of sp³-hybridized carbons (Fsp3) is 0.438. The number of benzene rings is 1. The SMILES string of the molecule is CC(C)(C)OC(=O)n1ccc2ccc(C3CC3)cc21. The van der Waals surface area contributed by atoms with Gasteiger partial charge in [-0.15, -0.1) is 0 Å². The maximum atomic E-state index is 12.2. The highest BCUT2D eigenvalue weighted by Gasteiger charge is 2.24. The Morgan fingerprint density at radius 3 is 2.63 bits per heavy atom. The van der Waals surface area contributed by atoms with Crippen LogP contribution in [0.15, 0.2) is 30.5 Å². The minimum absolute atomic E-state index is 0.310. The van der Waals surface area contributed by atoms with Gasteiger partial charge in [0, 0.05) is 11.6 Å². The molecule has 3 nitrogen and oxygen atoms in total. The third kappa shape index (κ3) is 2.50. The average Bonchev–Trinajstić information content (AvgIpc) is 3.06. The first kappa shape index (κ1) is 12.3. The standard InChI is InChI=1S/C16H19NO2/c1-16(2,3)19-15(18)17-9-8-12-6-7-13(10-14(12)17)11-4-5-11/h6-11H,4-5H2,1-3H3. The fourth-order valence-corrected chi connectivity index (χ4v) is 2.29. The summed E-state index contributed by atoms with van der Waals surface area (Å²) in [6.45, 7) is 5.64. The van der Waals surface area contributed by atoms with Crippen LogP contribution in [0.1, 0.15) is 45.1 Å². The molecular formula is C16H19NO2. The number of hydrogen-bond donors (Lipinski definition) is 0. The number of fused-ring (bicyclic) bond motifs is 1. The van der Waals surface area contributed by atoms with Gasteiger partial charge in [0.1, 0.15) is 5.60 Å². The highest BCUT2D eigenvalue weighted by Crippen LogP contribution is 2.40. The Labute approximate surface area is 113 Å². The van der Waals surface area contributed by atoms with E-state index in [1.165, 1.54) is 18.4 Å². The predicted molar refractivity (Wildman–Crippen MR) is 75.5 cm³/mol. The van der Waals surface area contributed by atoms with Gasteiger partial charge in [0.05, 0.1) is 5.52 Å². The van der Waals surface area contributed by atoms with Crippen LogP contribution in [0, 0.1) is 0 Å². The monoisotopic (exact) mass is 257 g/mol. The Morgan fingerprint density at radius 1 is 1.26 bits per heavy atom. The van der Waals surface area contributed by atoms with Crippen molar-refractivity contribution in [2.24, 2.45) is 0 Å². The zero-order chi connectivity index (χ0) is 13.6. The van der Waals surface area contributed by atoms with Crippen molar-refractivity contribution < 1.29 is 9.53 Å². The Bertz CT molecular complexity index is 630. The molecule has 0 atom stereocenters. The van der Waals surface area contributed by atoms with Crippen molar-refractivity contribution in [3.63, 3.8) is 0 Å². The molecule has 0 saturated heterocycles. The fourth-order valence-electron chi connectivity index (χ4n) is 2.29. The lowest BCUT2D eigenvalue weighted by molar-refractivity contribution is 0.0544. The molecule has 1 aliphatic rings. The summed E-state index contributed by atoms with van der Waals surface area (Å²) in [6.07, 6.45) is 4.00. The summed E-state index contributed by atoms with van der Waals surface area (Å²) < 4.78 is 7.03. The molecule has 3 rings (SSSR count). The van der Waals surface area contributed by atoms with E-state index in [-0.39, 0.29) is 6.09 Å². The number of hydrogen-bond acceptors (Lipinski definition) is 2. The molecular weight excluding hydrogens is 238 g/mol. The first-order valence-electron chi connectivity index (χ1n) is 6.78. The maximum absolute atomic E-state index is 12.2. The van der Waals surface area contributed by atoms with Crippen LogP contribution < -0.4 is 0 Å². The molecule has 0 spiro atoms. The van der Waals surface area contributed by atoms with Crippen LogP contribution >= 0.6 is 0 Å². The minimum atomic E-state index is -0.470. The highest BCUT2D eigenvalue weighted by molar-refractivity contribution is 5.90. The molecule has 0 radical (unpaired) electrons. The molecule has 0 unspecified atom stereocenters. The van der Waals surface area contributed by atoms with Gasteiger partial charge in [-0.25, -0.2) is 4.79 Å². The summed E-state index contributed by atoms with van der Waals surface area (Å²) in [7, 11) is 0. The summed E-state index contributed by atoms with van der Waals surface area (Å²) >= 11 is 0. The van der Waals surface area contributed by atoms with Crippen LogP contribution in [-0.4, -0.2) is 16.3 Å². The van der Waals surface area contributed by atoms with Gasteiger partial charge in [-0.05, 0) is 57.2 Å². The number of carbonyl (C=O) groups is 1. The van der Waals surface area contributed by atoms with E-state index < -0.39 is 5.60 Å². The van der Waals surface area contributed by atoms with Crippen molar-refractivity contribution in [2.75, 3.05) is 0 Å². The Balaban J connectivity index is 1.98. The lowest BCUT2D eigenvalue weighted by Crippen LogP contribution is -2.26. The molecule has 1 heterocycles. The molecule has 1 fully saturated rings. The molecule has 0 bridgehead atoms. The van der Waals surface area contributed by atoms with Crippen molar-refractivity contribution in [3.8, 4) is 0 Å². The largest absolute Gasteiger partial charge is 0.443 e. The van der Waals surface area contributed by atoms with E-state index in [9.17, 15) is 4.79 Å². The number of rotatable bonds is 1. The highest BCUT2D eigenvalue weighted by atomic mass is 16.6. The molecule has 19 heavy (non-hydrogen) atoms. The normalized spacial score (nSPS) is 15.7. The minimum Gasteiger partial charge on any atom is -0.443 e. The third-order valence-corrected chi connectivity index (χ3v) is 3.36. The van der Waals surface area contributed by atoms with E-state index in [4.69, 9.17) is 4.74 Å². The molecule has 100 valence electrons. The number of aromatic nitrogens is 1. The topological polar surface area (TPSA) is 31.2 Å². The molecule has 3 heteroatoms. The van der Waals surface area contributed by atoms with Crippen LogP contribution in [0.2, 0.25) is 0 Å². The Hall–Kier alpha value is -1.77. The van der Waals surface area contributed by atoms with Crippen molar-refractivity contribution in [2.45, 2.75) is 45.1 Å². The molecule has 0 N–H and O–H groups in total. The summed E-state index contributed by atoms with van der Waals surface area (Å²) in [6, 6.07) is 8.33. The number of nitrogens with zero attached hydrogens (tertiary/aromatic N) is 1. The Morgan fingerprint density at radius 2 is 2.00 bits per heavy atom. The second-order valence-corrected chi connectivity index (χ2v) is 6.26. The van der Waals surface area contributed by atoms with Gasteiger partial charge >= 0.3 is 6.09 Å². The van der Waals surface area contributed by atoms with Gasteiger partial charge in [0.25, 0.3) is 0 Å². The van der Waals surface area contributed by atoms with E-state index in [1.807, 2.05) is 26.8 Å². The molecule has 2 aromatic rings. The summed E-state index contributed by atoms with van der Waals surface area (Å²) in [5.41, 5.74) is 1.80. The second kappa shape index (κ2) is 4.12. The van der Waals surface area contributed by atoms with Gasteiger partial charge in [-0.3, -0.25) is 4.57 Å². The van der Waals surface area contributed by atoms with Gasteiger partial charge in [0.2, 0.25) is 0 Å². The quantitative estimate of drug-likeness (QED) is 0.762. The van der Waals surface area contributed by atoms with E-state index in [2.05, 4.69) is 18.2 Å². The molecule has 0 aliphatic heterocycles. The van der Waals surface area contributed by atoms with Gasteiger partial charge < -0.3 is 4.74 Å². The lowest BCUT2D eigenvalue weighted by atomic mass is 10.1. The van der Waals surface area contributed by atoms with E-state index >= 15 is 0 Å². The van der Waals surface area contributed by atoms with Crippen LogP contribution in [0.25, 0.3) is 10.9 Å². The van der Waals surface area contributed by atoms with Gasteiger partial charge in [-0.2, -0.15) is 0 Å². The van der Waals surface area contributed by atoms with Crippen LogP contribution in [0.5, 0.6) is 0 Å². The van der Waals surface area contributed by atoms with Gasteiger partial charge in [-0.1, -0.05) is 12.1 Å². The van der Waals surface area contributed by atoms with Crippen molar-refractivity contribution in [3.05, 3.63) is 36.0 Å². The number of ether oxygens (including phenoxy) is 1. The third-order valence-electron chi connectivity index (χ3n) is 3.36. The van der Waals surface area contributed by atoms with E-state index in [0.29, 0.717) is 5.92 Å². The van der Waals surface area contributed by atoms with Crippen molar-refractivity contribution >= 4 is 17.0 Å². The van der Waals surface area contributed by atoms with Gasteiger partial charge in [0.15, 0.2) is 0 Å². The van der Waals surface area contributed by atoms with Crippen LogP contribution in [0.3, 0.4) is 0 Å². The van der Waals surface area contributed by atoms with Crippen molar-refractivity contribution in [1.29, 1.82) is 0 Å². The zero-order valence-corrected chi connectivity index (χ0v) is 11.6. The number of carbonyl (C=O) groups excluding carboxylic acids is 1. The molecule has 1 aromatic carbocycles. The molecule has 0 amide bonds. The lowest BCUT2D eigenvalue weighted by Gasteiger charge is -2.19. The summed E-state index contributed by atoms with van der Waals surface area (Å²) in [4.78, 5) is 12.2. The molecule has 1 aliphatic carbocycles. The van der Waals surface area contributed by atoms with Crippen LogP contribution in [0.4, 0.5) is 4.79 Å². The smallest absolute Gasteiger partial charge is 0.418 e. The van der Waals surface area contributed by atoms with Crippen molar-refractivity contribution in [1.82, 2.24) is 4.57 Å². The van der Waals surface area contributed by atoms with E-state index in [1.54, 1.807) is 10.8 Å². The Kier molecular flexibility index (Phi) is 2.66. The van der Waals surface area contributed by atoms with E-state index in [0.717, 1.165) is 10.9 Å². The zero-order valence-electron chi connectivity index (χ0n) is 11.6. The maximum Gasteiger partial charge on any atom is 0.418 e. The predicted octanol–water partition coefficient (Wildman–Crippen LogP) is 4.30. The first-order chi connectivity index (χ1) is 8.94. The second-order valence-electron chi connectivity index (χ2n) is 6.26. The average molecular weight is 257 g/mol. The molecule has 1 aromatic heterocycles.